The van der Waals surface area contributed by atoms with Gasteiger partial charge in [-0.15, -0.1) is 0 Å². The van der Waals surface area contributed by atoms with Gasteiger partial charge in [0.05, 0.1) is 12.2 Å². The molecular formula is C24H27NO. The van der Waals surface area contributed by atoms with Crippen LogP contribution in [0.25, 0.3) is 0 Å². The molecule has 2 aromatic rings. The molecule has 0 radical (unpaired) electrons. The van der Waals surface area contributed by atoms with Crippen LogP contribution in [0.4, 0.5) is 5.69 Å². The molecule has 2 nitrogen and oxygen atoms in total. The number of carbonyl (C=O) groups excluding carboxylic acids is 1. The van der Waals surface area contributed by atoms with E-state index in [1.165, 1.54) is 0 Å². The monoisotopic (exact) mass is 345 g/mol. The third kappa shape index (κ3) is 3.83. The zero-order chi connectivity index (χ0) is 18.9. The SMILES string of the molecule is CC(C)(C)CC(C)(C)C(=O)N1Cc2ccccc2C#Cc2ccccc21. The van der Waals surface area contributed by atoms with Crippen LogP contribution in [-0.4, -0.2) is 5.91 Å². The van der Waals surface area contributed by atoms with Crippen LogP contribution >= 0.6 is 0 Å². The number of anilines is 1. The van der Waals surface area contributed by atoms with Crippen molar-refractivity contribution in [2.24, 2.45) is 10.8 Å². The van der Waals surface area contributed by atoms with Crippen LogP contribution in [0.1, 0.15) is 57.7 Å². The highest BCUT2D eigenvalue weighted by atomic mass is 16.2. The summed E-state index contributed by atoms with van der Waals surface area (Å²) in [5.41, 5.74) is 3.53. The summed E-state index contributed by atoms with van der Waals surface area (Å²) < 4.78 is 0. The lowest BCUT2D eigenvalue weighted by atomic mass is 9.75. The van der Waals surface area contributed by atoms with E-state index >= 15 is 0 Å². The topological polar surface area (TPSA) is 20.3 Å². The normalized spacial score (nSPS) is 13.7. The first-order chi connectivity index (χ1) is 12.2. The van der Waals surface area contributed by atoms with Crippen molar-refractivity contribution in [3.8, 4) is 11.8 Å². The zero-order valence-electron chi connectivity index (χ0n) is 16.4. The number of fused-ring (bicyclic) bond motifs is 2. The molecule has 0 fully saturated rings. The molecule has 3 rings (SSSR count). The smallest absolute Gasteiger partial charge is 0.233 e. The van der Waals surface area contributed by atoms with Crippen molar-refractivity contribution in [1.82, 2.24) is 0 Å². The van der Waals surface area contributed by atoms with Crippen molar-refractivity contribution < 1.29 is 4.79 Å². The maximum atomic E-state index is 13.6. The van der Waals surface area contributed by atoms with E-state index in [1.54, 1.807) is 0 Å². The zero-order valence-corrected chi connectivity index (χ0v) is 16.4. The first-order valence-corrected chi connectivity index (χ1v) is 9.18. The van der Waals surface area contributed by atoms with E-state index in [2.05, 4.69) is 52.5 Å². The molecule has 0 bridgehead atoms. The minimum Gasteiger partial charge on any atom is -0.306 e. The molecule has 0 atom stereocenters. The fourth-order valence-electron chi connectivity index (χ4n) is 3.93. The van der Waals surface area contributed by atoms with Gasteiger partial charge in [-0.1, -0.05) is 76.8 Å². The Morgan fingerprint density at radius 3 is 2.19 bits per heavy atom. The maximum Gasteiger partial charge on any atom is 0.233 e. The third-order valence-corrected chi connectivity index (χ3v) is 4.67. The van der Waals surface area contributed by atoms with Gasteiger partial charge in [-0.2, -0.15) is 0 Å². The van der Waals surface area contributed by atoms with E-state index < -0.39 is 5.41 Å². The number of rotatable bonds is 2. The Balaban J connectivity index is 2.09. The highest BCUT2D eigenvalue weighted by molar-refractivity contribution is 5.98. The van der Waals surface area contributed by atoms with Crippen molar-refractivity contribution in [1.29, 1.82) is 0 Å². The fraction of sp³-hybridized carbons (Fsp3) is 0.375. The summed E-state index contributed by atoms with van der Waals surface area (Å²) in [5, 5.41) is 0. The summed E-state index contributed by atoms with van der Waals surface area (Å²) in [6, 6.07) is 16.0. The molecule has 0 N–H and O–H groups in total. The molecule has 1 aliphatic heterocycles. The van der Waals surface area contributed by atoms with Crippen LogP contribution in [0.15, 0.2) is 48.5 Å². The third-order valence-electron chi connectivity index (χ3n) is 4.67. The molecule has 1 heterocycles. The highest BCUT2D eigenvalue weighted by Gasteiger charge is 2.37. The molecule has 2 aromatic carbocycles. The van der Waals surface area contributed by atoms with E-state index in [0.717, 1.165) is 28.8 Å². The predicted molar refractivity (Wildman–Crippen MR) is 108 cm³/mol. The Kier molecular flexibility index (Phi) is 4.67. The van der Waals surface area contributed by atoms with Crippen molar-refractivity contribution in [3.63, 3.8) is 0 Å². The molecule has 134 valence electrons. The molecular weight excluding hydrogens is 318 g/mol. The first kappa shape index (κ1) is 18.3. The van der Waals surface area contributed by atoms with Crippen molar-refractivity contribution >= 4 is 11.6 Å². The Morgan fingerprint density at radius 1 is 0.923 bits per heavy atom. The Hall–Kier alpha value is -2.53. The van der Waals surface area contributed by atoms with Crippen LogP contribution in [0.3, 0.4) is 0 Å². The number of nitrogens with zero attached hydrogens (tertiary/aromatic N) is 1. The second-order valence-electron chi connectivity index (χ2n) is 8.94. The Morgan fingerprint density at radius 2 is 1.50 bits per heavy atom. The molecule has 0 unspecified atom stereocenters. The standard InChI is InChI=1S/C24H27NO/c1-23(2,3)17-24(4,5)22(26)25-16-20-12-7-6-10-18(20)14-15-19-11-8-9-13-21(19)25/h6-13H,16-17H2,1-5H3. The lowest BCUT2D eigenvalue weighted by Crippen LogP contribution is -2.43. The average molecular weight is 345 g/mol. The van der Waals surface area contributed by atoms with Gasteiger partial charge in [0.2, 0.25) is 5.91 Å². The number of amides is 1. The summed E-state index contributed by atoms with van der Waals surface area (Å²) in [6.07, 6.45) is 0.824. The molecule has 0 saturated heterocycles. The van der Waals surface area contributed by atoms with Crippen LogP contribution in [0.2, 0.25) is 0 Å². The maximum absolute atomic E-state index is 13.6. The molecule has 2 heteroatoms. The minimum atomic E-state index is -0.451. The van der Waals surface area contributed by atoms with Gasteiger partial charge in [-0.25, -0.2) is 0 Å². The highest BCUT2D eigenvalue weighted by Crippen LogP contribution is 2.37. The van der Waals surface area contributed by atoms with Gasteiger partial charge >= 0.3 is 0 Å². The Labute approximate surface area is 157 Å². The summed E-state index contributed by atoms with van der Waals surface area (Å²) in [6.45, 7) is 11.2. The Bertz CT molecular complexity index is 890. The van der Waals surface area contributed by atoms with Gasteiger partial charge in [0.25, 0.3) is 0 Å². The van der Waals surface area contributed by atoms with Crippen LogP contribution < -0.4 is 4.90 Å². The van der Waals surface area contributed by atoms with Gasteiger partial charge in [0.1, 0.15) is 0 Å². The molecule has 0 aromatic heterocycles. The number of carbonyl (C=O) groups is 1. The first-order valence-electron chi connectivity index (χ1n) is 9.18. The summed E-state index contributed by atoms with van der Waals surface area (Å²) >= 11 is 0. The lowest BCUT2D eigenvalue weighted by molar-refractivity contribution is -0.128. The van der Waals surface area contributed by atoms with Gasteiger partial charge in [0.15, 0.2) is 0 Å². The average Bonchev–Trinajstić information content (AvgIpc) is 2.54. The number of hydrogen-bond acceptors (Lipinski definition) is 1. The van der Waals surface area contributed by atoms with Crippen molar-refractivity contribution in [2.75, 3.05) is 4.90 Å². The summed E-state index contributed by atoms with van der Waals surface area (Å²) in [5.74, 6) is 6.68. The van der Waals surface area contributed by atoms with E-state index in [-0.39, 0.29) is 11.3 Å². The largest absolute Gasteiger partial charge is 0.306 e. The van der Waals surface area contributed by atoms with E-state index in [9.17, 15) is 4.79 Å². The van der Waals surface area contributed by atoms with E-state index in [0.29, 0.717) is 6.54 Å². The molecule has 0 saturated carbocycles. The van der Waals surface area contributed by atoms with Gasteiger partial charge in [-0.05, 0) is 35.6 Å². The quantitative estimate of drug-likeness (QED) is 0.668. The van der Waals surface area contributed by atoms with Crippen LogP contribution in [0.5, 0.6) is 0 Å². The van der Waals surface area contributed by atoms with E-state index in [4.69, 9.17) is 0 Å². The fourth-order valence-corrected chi connectivity index (χ4v) is 3.93. The van der Waals surface area contributed by atoms with Crippen molar-refractivity contribution in [3.05, 3.63) is 65.2 Å². The summed E-state index contributed by atoms with van der Waals surface area (Å²) in [7, 11) is 0. The van der Waals surface area contributed by atoms with E-state index in [1.807, 2.05) is 47.4 Å². The number of para-hydroxylation sites is 1. The van der Waals surface area contributed by atoms with Crippen LogP contribution in [-0.2, 0) is 11.3 Å². The summed E-state index contributed by atoms with van der Waals surface area (Å²) in [4.78, 5) is 15.5. The van der Waals surface area contributed by atoms with Crippen LogP contribution in [0, 0.1) is 22.7 Å². The minimum absolute atomic E-state index is 0.0825. The molecule has 0 aliphatic carbocycles. The lowest BCUT2D eigenvalue weighted by Gasteiger charge is -2.37. The van der Waals surface area contributed by atoms with Gasteiger partial charge in [0, 0.05) is 16.5 Å². The number of benzene rings is 2. The second kappa shape index (κ2) is 6.65. The van der Waals surface area contributed by atoms with Crippen molar-refractivity contribution in [2.45, 2.75) is 47.6 Å². The molecule has 0 spiro atoms. The van der Waals surface area contributed by atoms with Gasteiger partial charge in [-0.3, -0.25) is 4.79 Å². The predicted octanol–water partition coefficient (Wildman–Crippen LogP) is 5.40. The molecule has 26 heavy (non-hydrogen) atoms. The molecule has 1 aliphatic rings. The number of hydrogen-bond donors (Lipinski definition) is 0. The second-order valence-corrected chi connectivity index (χ2v) is 8.94. The molecule has 1 amide bonds. The van der Waals surface area contributed by atoms with Gasteiger partial charge < -0.3 is 4.90 Å².